The van der Waals surface area contributed by atoms with Gasteiger partial charge in [-0.05, 0) is 24.3 Å². The van der Waals surface area contributed by atoms with E-state index < -0.39 is 5.82 Å². The van der Waals surface area contributed by atoms with E-state index in [1.54, 1.807) is 6.07 Å². The van der Waals surface area contributed by atoms with Gasteiger partial charge in [0.25, 0.3) is 0 Å². The highest BCUT2D eigenvalue weighted by molar-refractivity contribution is 6.31. The zero-order valence-electron chi connectivity index (χ0n) is 11.4. The average molecular weight is 285 g/mol. The van der Waals surface area contributed by atoms with Crippen LogP contribution < -0.4 is 11.1 Å². The smallest absolute Gasteiger partial charge is 0.143 e. The lowest BCUT2D eigenvalue weighted by Gasteiger charge is -2.26. The molecular formula is C15H22ClFN2. The third-order valence-corrected chi connectivity index (χ3v) is 4.39. The fraction of sp³-hybridized carbons (Fsp3) is 0.600. The first kappa shape index (κ1) is 14.4. The summed E-state index contributed by atoms with van der Waals surface area (Å²) >= 11 is 5.76. The number of nitrogens with two attached hydrogens (primary N) is 1. The SMILES string of the molecule is CC1CCC(CCNc2cc(Cl)c(F)cc2N)CC1. The Labute approximate surface area is 119 Å². The van der Waals surface area contributed by atoms with Gasteiger partial charge < -0.3 is 11.1 Å². The van der Waals surface area contributed by atoms with Gasteiger partial charge in [0.05, 0.1) is 16.4 Å². The summed E-state index contributed by atoms with van der Waals surface area (Å²) in [6, 6.07) is 2.84. The number of nitrogen functional groups attached to an aromatic ring is 1. The number of benzene rings is 1. The van der Waals surface area contributed by atoms with Crippen molar-refractivity contribution >= 4 is 23.0 Å². The van der Waals surface area contributed by atoms with Gasteiger partial charge in [-0.2, -0.15) is 0 Å². The van der Waals surface area contributed by atoms with Crippen molar-refractivity contribution in [2.75, 3.05) is 17.6 Å². The molecule has 106 valence electrons. The van der Waals surface area contributed by atoms with E-state index in [0.29, 0.717) is 5.69 Å². The second kappa shape index (κ2) is 6.47. The van der Waals surface area contributed by atoms with Crippen LogP contribution >= 0.6 is 11.6 Å². The maximum Gasteiger partial charge on any atom is 0.143 e. The lowest BCUT2D eigenvalue weighted by molar-refractivity contribution is 0.282. The summed E-state index contributed by atoms with van der Waals surface area (Å²) in [6.07, 6.45) is 6.47. The molecule has 0 bridgehead atoms. The van der Waals surface area contributed by atoms with Gasteiger partial charge in [0.15, 0.2) is 0 Å². The van der Waals surface area contributed by atoms with E-state index >= 15 is 0 Å². The number of anilines is 2. The molecule has 1 aliphatic carbocycles. The predicted octanol–water partition coefficient (Wildman–Crippen LogP) is 4.69. The first-order chi connectivity index (χ1) is 9.06. The number of halogens is 2. The van der Waals surface area contributed by atoms with Gasteiger partial charge in [-0.25, -0.2) is 4.39 Å². The molecule has 2 nitrogen and oxygen atoms in total. The summed E-state index contributed by atoms with van der Waals surface area (Å²) in [7, 11) is 0. The molecule has 1 aromatic rings. The third kappa shape index (κ3) is 4.00. The molecule has 1 fully saturated rings. The van der Waals surface area contributed by atoms with E-state index in [0.717, 1.165) is 30.5 Å². The second-order valence-corrected chi connectivity index (χ2v) is 6.10. The normalized spacial score (nSPS) is 23.3. The van der Waals surface area contributed by atoms with Crippen LogP contribution in [0.2, 0.25) is 5.02 Å². The first-order valence-electron chi connectivity index (χ1n) is 7.04. The van der Waals surface area contributed by atoms with E-state index in [1.165, 1.54) is 31.7 Å². The van der Waals surface area contributed by atoms with Gasteiger partial charge in [-0.15, -0.1) is 0 Å². The van der Waals surface area contributed by atoms with Gasteiger partial charge >= 0.3 is 0 Å². The Hall–Kier alpha value is -0.960. The minimum absolute atomic E-state index is 0.114. The molecule has 1 aliphatic rings. The van der Waals surface area contributed by atoms with Crippen LogP contribution in [0.15, 0.2) is 12.1 Å². The van der Waals surface area contributed by atoms with E-state index in [-0.39, 0.29) is 5.02 Å². The molecule has 0 unspecified atom stereocenters. The van der Waals surface area contributed by atoms with Crippen LogP contribution in [0.5, 0.6) is 0 Å². The minimum Gasteiger partial charge on any atom is -0.397 e. The summed E-state index contributed by atoms with van der Waals surface area (Å²) in [5, 5.41) is 3.38. The molecule has 3 N–H and O–H groups in total. The number of nitrogens with one attached hydrogen (secondary N) is 1. The predicted molar refractivity (Wildman–Crippen MR) is 80.1 cm³/mol. The number of rotatable bonds is 4. The van der Waals surface area contributed by atoms with Crippen LogP contribution in [0.4, 0.5) is 15.8 Å². The van der Waals surface area contributed by atoms with Crippen LogP contribution in [0.25, 0.3) is 0 Å². The zero-order valence-corrected chi connectivity index (χ0v) is 12.1. The van der Waals surface area contributed by atoms with E-state index in [9.17, 15) is 4.39 Å². The van der Waals surface area contributed by atoms with Crippen molar-refractivity contribution in [3.05, 3.63) is 23.0 Å². The average Bonchev–Trinajstić information content (AvgIpc) is 2.38. The summed E-state index contributed by atoms with van der Waals surface area (Å²) < 4.78 is 13.2. The highest BCUT2D eigenvalue weighted by Crippen LogP contribution is 2.31. The first-order valence-corrected chi connectivity index (χ1v) is 7.42. The lowest BCUT2D eigenvalue weighted by Crippen LogP contribution is -2.16. The topological polar surface area (TPSA) is 38.0 Å². The quantitative estimate of drug-likeness (QED) is 0.787. The molecular weight excluding hydrogens is 263 g/mol. The highest BCUT2D eigenvalue weighted by atomic mass is 35.5. The zero-order chi connectivity index (χ0) is 13.8. The largest absolute Gasteiger partial charge is 0.397 e. The summed E-state index contributed by atoms with van der Waals surface area (Å²) in [5.41, 5.74) is 6.91. The summed E-state index contributed by atoms with van der Waals surface area (Å²) in [6.45, 7) is 3.20. The monoisotopic (exact) mass is 284 g/mol. The Kier molecular flexibility index (Phi) is 4.92. The van der Waals surface area contributed by atoms with Crippen molar-refractivity contribution in [2.45, 2.75) is 39.0 Å². The molecule has 0 aliphatic heterocycles. The number of hydrogen-bond donors (Lipinski definition) is 2. The van der Waals surface area contributed by atoms with Crippen molar-refractivity contribution in [1.82, 2.24) is 0 Å². The fourth-order valence-electron chi connectivity index (χ4n) is 2.74. The lowest BCUT2D eigenvalue weighted by atomic mass is 9.81. The Morgan fingerprint density at radius 3 is 2.68 bits per heavy atom. The van der Waals surface area contributed by atoms with Gasteiger partial charge in [0.2, 0.25) is 0 Å². The molecule has 2 rings (SSSR count). The van der Waals surface area contributed by atoms with Crippen molar-refractivity contribution in [3.8, 4) is 0 Å². The highest BCUT2D eigenvalue weighted by Gasteiger charge is 2.17. The molecule has 1 saturated carbocycles. The second-order valence-electron chi connectivity index (χ2n) is 5.69. The van der Waals surface area contributed by atoms with Crippen molar-refractivity contribution in [2.24, 2.45) is 11.8 Å². The minimum atomic E-state index is -0.467. The van der Waals surface area contributed by atoms with Crippen LogP contribution in [-0.2, 0) is 0 Å². The summed E-state index contributed by atoms with van der Waals surface area (Å²) in [4.78, 5) is 0. The standard InChI is InChI=1S/C15H22ClFN2/c1-10-2-4-11(5-3-10)6-7-19-15-8-12(16)13(17)9-14(15)18/h8-11,19H,2-7,18H2,1H3. The molecule has 4 heteroatoms. The molecule has 0 heterocycles. The number of hydrogen-bond acceptors (Lipinski definition) is 2. The van der Waals surface area contributed by atoms with Crippen molar-refractivity contribution in [1.29, 1.82) is 0 Å². The molecule has 0 radical (unpaired) electrons. The van der Waals surface area contributed by atoms with Crippen LogP contribution in [-0.4, -0.2) is 6.54 Å². The van der Waals surface area contributed by atoms with Crippen LogP contribution in [0, 0.1) is 17.7 Å². The maximum absolute atomic E-state index is 13.2. The van der Waals surface area contributed by atoms with Crippen LogP contribution in [0.1, 0.15) is 39.0 Å². The Balaban J connectivity index is 1.81. The Morgan fingerprint density at radius 1 is 1.32 bits per heavy atom. The van der Waals surface area contributed by atoms with Crippen LogP contribution in [0.3, 0.4) is 0 Å². The molecule has 0 atom stereocenters. The molecule has 19 heavy (non-hydrogen) atoms. The van der Waals surface area contributed by atoms with E-state index in [2.05, 4.69) is 12.2 Å². The maximum atomic E-state index is 13.2. The third-order valence-electron chi connectivity index (χ3n) is 4.10. The molecule has 0 amide bonds. The fourth-order valence-corrected chi connectivity index (χ4v) is 2.91. The molecule has 1 aromatic carbocycles. The van der Waals surface area contributed by atoms with Crippen molar-refractivity contribution in [3.63, 3.8) is 0 Å². The molecule has 0 spiro atoms. The van der Waals surface area contributed by atoms with Gasteiger partial charge in [0.1, 0.15) is 5.82 Å². The Bertz CT molecular complexity index is 428. The van der Waals surface area contributed by atoms with Gasteiger partial charge in [-0.1, -0.05) is 44.2 Å². The van der Waals surface area contributed by atoms with Gasteiger partial charge in [0, 0.05) is 12.6 Å². The van der Waals surface area contributed by atoms with Gasteiger partial charge in [-0.3, -0.25) is 0 Å². The van der Waals surface area contributed by atoms with E-state index in [4.69, 9.17) is 17.3 Å². The van der Waals surface area contributed by atoms with Crippen molar-refractivity contribution < 1.29 is 4.39 Å². The Morgan fingerprint density at radius 2 is 2.00 bits per heavy atom. The summed E-state index contributed by atoms with van der Waals surface area (Å²) in [5.74, 6) is 1.22. The molecule has 0 aromatic heterocycles. The van der Waals surface area contributed by atoms with E-state index in [1.807, 2.05) is 0 Å². The molecule has 0 saturated heterocycles.